The molecule has 0 heterocycles. The molecule has 0 saturated heterocycles. The van der Waals surface area contributed by atoms with Crippen molar-refractivity contribution in [3.05, 3.63) is 29.3 Å². The minimum atomic E-state index is -4.33. The predicted molar refractivity (Wildman–Crippen MR) is 60.1 cm³/mol. The lowest BCUT2D eigenvalue weighted by molar-refractivity contribution is -0.153. The van der Waals surface area contributed by atoms with E-state index in [4.69, 9.17) is 10.5 Å². The largest absolute Gasteiger partial charge is 0.484 e. The molecule has 1 aromatic carbocycles. The van der Waals surface area contributed by atoms with Crippen LogP contribution < -0.4 is 10.5 Å². The van der Waals surface area contributed by atoms with E-state index in [9.17, 15) is 13.2 Å². The van der Waals surface area contributed by atoms with Crippen LogP contribution in [0.4, 0.5) is 13.2 Å². The zero-order chi connectivity index (χ0) is 13.1. The van der Waals surface area contributed by atoms with Gasteiger partial charge < -0.3 is 10.5 Å². The molecule has 2 nitrogen and oxygen atoms in total. The first kappa shape index (κ1) is 13.8. The summed E-state index contributed by atoms with van der Waals surface area (Å²) < 4.78 is 41.2. The lowest BCUT2D eigenvalue weighted by Crippen LogP contribution is -2.22. The van der Waals surface area contributed by atoms with Crippen LogP contribution in [0.5, 0.6) is 5.75 Å². The molecule has 1 aromatic rings. The van der Waals surface area contributed by atoms with Crippen LogP contribution in [0.1, 0.15) is 18.1 Å². The van der Waals surface area contributed by atoms with Gasteiger partial charge in [-0.25, -0.2) is 0 Å². The maximum absolute atomic E-state index is 12.1. The molecule has 0 aliphatic heterocycles. The molecule has 0 amide bonds. The van der Waals surface area contributed by atoms with Crippen LogP contribution in [-0.4, -0.2) is 18.8 Å². The molecule has 1 unspecified atom stereocenters. The molecule has 0 bridgehead atoms. The van der Waals surface area contributed by atoms with E-state index in [0.717, 1.165) is 0 Å². The lowest BCUT2D eigenvalue weighted by Gasteiger charge is -2.16. The van der Waals surface area contributed by atoms with Crippen LogP contribution in [0, 0.1) is 6.92 Å². The molecule has 0 radical (unpaired) electrons. The fraction of sp³-hybridized carbons (Fsp3) is 0.500. The Hall–Kier alpha value is -1.23. The lowest BCUT2D eigenvalue weighted by atomic mass is 10.0. The van der Waals surface area contributed by atoms with Gasteiger partial charge in [0, 0.05) is 6.04 Å². The minimum absolute atomic E-state index is 0.120. The smallest absolute Gasteiger partial charge is 0.422 e. The second-order valence-electron chi connectivity index (χ2n) is 4.15. The fourth-order valence-electron chi connectivity index (χ4n) is 1.58. The maximum atomic E-state index is 12.1. The van der Waals surface area contributed by atoms with Gasteiger partial charge in [0.25, 0.3) is 0 Å². The molecule has 0 spiro atoms. The highest BCUT2D eigenvalue weighted by Gasteiger charge is 2.29. The molecule has 0 fully saturated rings. The SMILES string of the molecule is Cc1cccc(CC(C)N)c1OCC(F)(F)F. The van der Waals surface area contributed by atoms with Crippen LogP contribution in [-0.2, 0) is 6.42 Å². The van der Waals surface area contributed by atoms with Gasteiger partial charge in [-0.1, -0.05) is 18.2 Å². The van der Waals surface area contributed by atoms with Crippen molar-refractivity contribution >= 4 is 0 Å². The van der Waals surface area contributed by atoms with E-state index in [1.807, 2.05) is 0 Å². The number of nitrogens with two attached hydrogens (primary N) is 1. The first-order valence-electron chi connectivity index (χ1n) is 5.33. The summed E-state index contributed by atoms with van der Waals surface area (Å²) in [5.74, 6) is 0.294. The van der Waals surface area contributed by atoms with Crippen molar-refractivity contribution in [2.45, 2.75) is 32.5 Å². The Morgan fingerprint density at radius 1 is 1.35 bits per heavy atom. The Bertz CT molecular complexity index is 375. The number of rotatable bonds is 4. The van der Waals surface area contributed by atoms with Crippen LogP contribution in [0.2, 0.25) is 0 Å². The van der Waals surface area contributed by atoms with E-state index in [1.54, 1.807) is 32.0 Å². The highest BCUT2D eigenvalue weighted by Crippen LogP contribution is 2.26. The average Bonchev–Trinajstić information content (AvgIpc) is 2.14. The van der Waals surface area contributed by atoms with E-state index < -0.39 is 12.8 Å². The van der Waals surface area contributed by atoms with E-state index in [1.165, 1.54) is 0 Å². The quantitative estimate of drug-likeness (QED) is 0.888. The topological polar surface area (TPSA) is 35.2 Å². The van der Waals surface area contributed by atoms with Crippen LogP contribution in [0.15, 0.2) is 18.2 Å². The van der Waals surface area contributed by atoms with Crippen LogP contribution >= 0.6 is 0 Å². The van der Waals surface area contributed by atoms with Gasteiger partial charge in [0.05, 0.1) is 0 Å². The highest BCUT2D eigenvalue weighted by atomic mass is 19.4. The number of halogens is 3. The van der Waals surface area contributed by atoms with Crippen molar-refractivity contribution in [2.24, 2.45) is 5.73 Å². The Morgan fingerprint density at radius 3 is 2.53 bits per heavy atom. The molecule has 0 aliphatic carbocycles. The molecular weight excluding hydrogens is 231 g/mol. The number of benzene rings is 1. The van der Waals surface area contributed by atoms with Gasteiger partial charge in [-0.05, 0) is 31.4 Å². The zero-order valence-electron chi connectivity index (χ0n) is 9.84. The van der Waals surface area contributed by atoms with E-state index in [0.29, 0.717) is 23.3 Å². The molecule has 96 valence electrons. The van der Waals surface area contributed by atoms with Gasteiger partial charge in [0.15, 0.2) is 6.61 Å². The van der Waals surface area contributed by atoms with Crippen molar-refractivity contribution in [1.82, 2.24) is 0 Å². The van der Waals surface area contributed by atoms with Gasteiger partial charge in [0.2, 0.25) is 0 Å². The molecule has 17 heavy (non-hydrogen) atoms. The number of alkyl halides is 3. The third-order valence-corrected chi connectivity index (χ3v) is 2.22. The number of aryl methyl sites for hydroxylation is 1. The second kappa shape index (κ2) is 5.40. The predicted octanol–water partition coefficient (Wildman–Crippen LogP) is 2.83. The standard InChI is InChI=1S/C12H16F3NO/c1-8-4-3-5-10(6-9(2)16)11(8)17-7-12(13,14)15/h3-5,9H,6-7,16H2,1-2H3. The Morgan fingerprint density at radius 2 is 2.00 bits per heavy atom. The van der Waals surface area contributed by atoms with Crippen molar-refractivity contribution in [2.75, 3.05) is 6.61 Å². The Labute approximate surface area is 98.6 Å². The summed E-state index contributed by atoms with van der Waals surface area (Å²) in [5, 5.41) is 0. The van der Waals surface area contributed by atoms with Gasteiger partial charge in [-0.2, -0.15) is 13.2 Å². The molecule has 0 aliphatic rings. The fourth-order valence-corrected chi connectivity index (χ4v) is 1.58. The zero-order valence-corrected chi connectivity index (χ0v) is 9.84. The summed E-state index contributed by atoms with van der Waals surface area (Å²) >= 11 is 0. The summed E-state index contributed by atoms with van der Waals surface area (Å²) in [5.41, 5.74) is 7.05. The molecule has 2 N–H and O–H groups in total. The Balaban J connectivity index is 2.88. The normalized spacial score (nSPS) is 13.5. The second-order valence-corrected chi connectivity index (χ2v) is 4.15. The van der Waals surface area contributed by atoms with E-state index in [-0.39, 0.29) is 6.04 Å². The molecule has 0 aromatic heterocycles. The number of hydrogen-bond donors (Lipinski definition) is 1. The molecule has 1 rings (SSSR count). The molecule has 0 saturated carbocycles. The van der Waals surface area contributed by atoms with Gasteiger partial charge in [-0.3, -0.25) is 0 Å². The van der Waals surface area contributed by atoms with E-state index >= 15 is 0 Å². The summed E-state index contributed by atoms with van der Waals surface area (Å²) in [4.78, 5) is 0. The first-order valence-corrected chi connectivity index (χ1v) is 5.33. The van der Waals surface area contributed by atoms with Gasteiger partial charge >= 0.3 is 6.18 Å². The maximum Gasteiger partial charge on any atom is 0.422 e. The van der Waals surface area contributed by atoms with Crippen molar-refractivity contribution < 1.29 is 17.9 Å². The summed E-state index contributed by atoms with van der Waals surface area (Å²) in [7, 11) is 0. The summed E-state index contributed by atoms with van der Waals surface area (Å²) in [6.45, 7) is 2.25. The van der Waals surface area contributed by atoms with Crippen LogP contribution in [0.3, 0.4) is 0 Å². The molecule has 5 heteroatoms. The van der Waals surface area contributed by atoms with Crippen molar-refractivity contribution in [3.8, 4) is 5.75 Å². The summed E-state index contributed by atoms with van der Waals surface area (Å²) in [6, 6.07) is 5.12. The highest BCUT2D eigenvalue weighted by molar-refractivity contribution is 5.41. The van der Waals surface area contributed by atoms with Crippen LogP contribution in [0.25, 0.3) is 0 Å². The molecular formula is C12H16F3NO. The average molecular weight is 247 g/mol. The van der Waals surface area contributed by atoms with Crippen molar-refractivity contribution in [3.63, 3.8) is 0 Å². The monoisotopic (exact) mass is 247 g/mol. The number of para-hydroxylation sites is 1. The number of ether oxygens (including phenoxy) is 1. The van der Waals surface area contributed by atoms with E-state index in [2.05, 4.69) is 0 Å². The number of hydrogen-bond acceptors (Lipinski definition) is 2. The third kappa shape index (κ3) is 4.65. The first-order chi connectivity index (χ1) is 7.79. The molecule has 1 atom stereocenters. The van der Waals surface area contributed by atoms with Crippen molar-refractivity contribution in [1.29, 1.82) is 0 Å². The third-order valence-electron chi connectivity index (χ3n) is 2.22. The Kier molecular flexibility index (Phi) is 4.40. The van der Waals surface area contributed by atoms with Gasteiger partial charge in [-0.15, -0.1) is 0 Å². The van der Waals surface area contributed by atoms with Gasteiger partial charge in [0.1, 0.15) is 5.75 Å². The summed E-state index contributed by atoms with van der Waals surface area (Å²) in [6.07, 6.45) is -3.83. The minimum Gasteiger partial charge on any atom is -0.484 e.